The molecule has 0 fully saturated rings. The fourth-order valence-electron chi connectivity index (χ4n) is 2.05. The van der Waals surface area contributed by atoms with Gasteiger partial charge in [-0.05, 0) is 36.4 Å². The number of nitrogens with zero attached hydrogens (tertiary/aromatic N) is 2. The van der Waals surface area contributed by atoms with Crippen molar-refractivity contribution in [2.45, 2.75) is 0 Å². The van der Waals surface area contributed by atoms with Crippen molar-refractivity contribution < 1.29 is 18.9 Å². The molecular weight excluding hydrogens is 338 g/mol. The Balaban J connectivity index is 1.63. The van der Waals surface area contributed by atoms with E-state index in [0.717, 1.165) is 0 Å². The minimum atomic E-state index is -0.659. The predicted octanol–water partition coefficient (Wildman–Crippen LogP) is 3.74. The molecule has 0 bridgehead atoms. The van der Waals surface area contributed by atoms with Crippen LogP contribution in [0, 0.1) is 10.1 Å². The van der Waals surface area contributed by atoms with Crippen LogP contribution >= 0.6 is 0 Å². The van der Waals surface area contributed by atoms with Gasteiger partial charge in [-0.2, -0.15) is 5.10 Å². The van der Waals surface area contributed by atoms with Crippen molar-refractivity contribution in [1.82, 2.24) is 5.43 Å². The molecule has 3 aromatic rings. The molecule has 26 heavy (non-hydrogen) atoms. The number of carbonyl (C=O) groups excluding carboxylic acids is 1. The summed E-state index contributed by atoms with van der Waals surface area (Å²) in [5, 5.41) is 14.3. The maximum atomic E-state index is 12.1. The van der Waals surface area contributed by atoms with Crippen LogP contribution in [0.2, 0.25) is 0 Å². The average molecular weight is 351 g/mol. The number of nitrogens with one attached hydrogen (secondary N) is 1. The lowest BCUT2D eigenvalue weighted by atomic mass is 10.2. The number of benzene rings is 2. The number of nitro groups is 1. The lowest BCUT2D eigenvalue weighted by molar-refractivity contribution is -0.402. The zero-order chi connectivity index (χ0) is 18.4. The number of hydrogen-bond donors (Lipinski definition) is 1. The SMILES string of the molecule is O=C(NN=Cc1ccc([N+](=O)[O-])o1)c1cccc(Oc2ccccc2)c1. The quantitative estimate of drug-likeness (QED) is 0.413. The first kappa shape index (κ1) is 16.9. The second-order valence-electron chi connectivity index (χ2n) is 5.08. The van der Waals surface area contributed by atoms with Crippen molar-refractivity contribution in [3.05, 3.63) is 88.2 Å². The standard InChI is InChI=1S/C18H13N3O5/c22-18(20-19-12-16-9-10-17(26-16)21(23)24)13-5-4-8-15(11-13)25-14-6-2-1-3-7-14/h1-12H,(H,20,22). The molecule has 1 heterocycles. The average Bonchev–Trinajstić information content (AvgIpc) is 3.12. The van der Waals surface area contributed by atoms with Crippen LogP contribution in [-0.2, 0) is 0 Å². The van der Waals surface area contributed by atoms with E-state index in [2.05, 4.69) is 10.5 Å². The predicted molar refractivity (Wildman–Crippen MR) is 93.4 cm³/mol. The Bertz CT molecular complexity index is 950. The third-order valence-corrected chi connectivity index (χ3v) is 3.23. The number of ether oxygens (including phenoxy) is 1. The summed E-state index contributed by atoms with van der Waals surface area (Å²) in [5.74, 6) is 0.458. The molecule has 0 spiro atoms. The number of furan rings is 1. The van der Waals surface area contributed by atoms with Crippen molar-refractivity contribution in [3.63, 3.8) is 0 Å². The Morgan fingerprint density at radius 1 is 1.08 bits per heavy atom. The second-order valence-corrected chi connectivity index (χ2v) is 5.08. The van der Waals surface area contributed by atoms with Crippen molar-refractivity contribution in [2.24, 2.45) is 5.10 Å². The maximum absolute atomic E-state index is 12.1. The van der Waals surface area contributed by atoms with E-state index in [1.165, 1.54) is 18.3 Å². The summed E-state index contributed by atoms with van der Waals surface area (Å²) in [6, 6.07) is 18.4. The highest BCUT2D eigenvalue weighted by atomic mass is 16.6. The van der Waals surface area contributed by atoms with Gasteiger partial charge in [0, 0.05) is 5.56 Å². The van der Waals surface area contributed by atoms with E-state index in [1.54, 1.807) is 36.4 Å². The number of amides is 1. The summed E-state index contributed by atoms with van der Waals surface area (Å²) in [4.78, 5) is 22.0. The van der Waals surface area contributed by atoms with Gasteiger partial charge >= 0.3 is 5.88 Å². The molecule has 0 saturated heterocycles. The van der Waals surface area contributed by atoms with Gasteiger partial charge in [-0.1, -0.05) is 24.3 Å². The van der Waals surface area contributed by atoms with Crippen LogP contribution in [0.3, 0.4) is 0 Å². The number of para-hydroxylation sites is 1. The van der Waals surface area contributed by atoms with E-state index >= 15 is 0 Å². The van der Waals surface area contributed by atoms with Gasteiger partial charge in [0.2, 0.25) is 0 Å². The lowest BCUT2D eigenvalue weighted by Gasteiger charge is -2.06. The summed E-state index contributed by atoms with van der Waals surface area (Å²) in [7, 11) is 0. The molecule has 130 valence electrons. The maximum Gasteiger partial charge on any atom is 0.433 e. The molecule has 1 amide bonds. The van der Waals surface area contributed by atoms with E-state index in [-0.39, 0.29) is 5.76 Å². The van der Waals surface area contributed by atoms with E-state index in [1.807, 2.05) is 18.2 Å². The van der Waals surface area contributed by atoms with Gasteiger partial charge in [0.25, 0.3) is 5.91 Å². The molecule has 1 N–H and O–H groups in total. The van der Waals surface area contributed by atoms with E-state index in [4.69, 9.17) is 9.15 Å². The van der Waals surface area contributed by atoms with Crippen molar-refractivity contribution in [3.8, 4) is 11.5 Å². The normalized spacial score (nSPS) is 10.6. The summed E-state index contributed by atoms with van der Waals surface area (Å²) >= 11 is 0. The minimum absolute atomic E-state index is 0.151. The van der Waals surface area contributed by atoms with Crippen molar-refractivity contribution in [1.29, 1.82) is 0 Å². The van der Waals surface area contributed by atoms with E-state index < -0.39 is 16.7 Å². The topological polar surface area (TPSA) is 107 Å². The van der Waals surface area contributed by atoms with Gasteiger partial charge < -0.3 is 9.15 Å². The smallest absolute Gasteiger partial charge is 0.433 e. The Morgan fingerprint density at radius 3 is 2.58 bits per heavy atom. The zero-order valence-electron chi connectivity index (χ0n) is 13.4. The molecule has 1 aromatic heterocycles. The monoisotopic (exact) mass is 351 g/mol. The third-order valence-electron chi connectivity index (χ3n) is 3.23. The van der Waals surface area contributed by atoms with Crippen LogP contribution in [-0.4, -0.2) is 17.0 Å². The van der Waals surface area contributed by atoms with Gasteiger partial charge in [0.15, 0.2) is 5.76 Å². The molecule has 0 saturated carbocycles. The fourth-order valence-corrected chi connectivity index (χ4v) is 2.05. The van der Waals surface area contributed by atoms with Gasteiger partial charge in [0.05, 0.1) is 12.3 Å². The summed E-state index contributed by atoms with van der Waals surface area (Å²) < 4.78 is 10.6. The molecule has 0 aliphatic carbocycles. The Morgan fingerprint density at radius 2 is 1.85 bits per heavy atom. The first-order valence-corrected chi connectivity index (χ1v) is 7.52. The van der Waals surface area contributed by atoms with Gasteiger partial charge in [-0.25, -0.2) is 5.43 Å². The molecule has 8 nitrogen and oxygen atoms in total. The Hall–Kier alpha value is -3.94. The summed E-state index contributed by atoms with van der Waals surface area (Å²) in [6.45, 7) is 0. The minimum Gasteiger partial charge on any atom is -0.457 e. The fraction of sp³-hybridized carbons (Fsp3) is 0. The Labute approximate surface area is 147 Å². The number of rotatable bonds is 6. The second kappa shape index (κ2) is 7.75. The molecule has 0 radical (unpaired) electrons. The van der Waals surface area contributed by atoms with Crippen molar-refractivity contribution in [2.75, 3.05) is 0 Å². The molecular formula is C18H13N3O5. The zero-order valence-corrected chi connectivity index (χ0v) is 13.4. The van der Waals surface area contributed by atoms with Crippen LogP contribution < -0.4 is 10.2 Å². The molecule has 8 heteroatoms. The molecule has 0 unspecified atom stereocenters. The highest BCUT2D eigenvalue weighted by molar-refractivity contribution is 5.95. The van der Waals surface area contributed by atoms with Crippen molar-refractivity contribution >= 4 is 18.0 Å². The van der Waals surface area contributed by atoms with E-state index in [9.17, 15) is 14.9 Å². The van der Waals surface area contributed by atoms with Gasteiger partial charge in [-0.3, -0.25) is 14.9 Å². The highest BCUT2D eigenvalue weighted by Crippen LogP contribution is 2.21. The van der Waals surface area contributed by atoms with Crippen LogP contribution in [0.5, 0.6) is 11.5 Å². The molecule has 0 atom stereocenters. The van der Waals surface area contributed by atoms with Crippen LogP contribution in [0.15, 0.2) is 76.2 Å². The Kier molecular flexibility index (Phi) is 5.04. The highest BCUT2D eigenvalue weighted by Gasteiger charge is 2.10. The lowest BCUT2D eigenvalue weighted by Crippen LogP contribution is -2.17. The molecule has 2 aromatic carbocycles. The molecule has 0 aliphatic rings. The summed E-state index contributed by atoms with van der Waals surface area (Å²) in [5.41, 5.74) is 2.67. The first-order valence-electron chi connectivity index (χ1n) is 7.52. The first-order chi connectivity index (χ1) is 12.6. The number of carbonyl (C=O) groups is 1. The van der Waals surface area contributed by atoms with Crippen LogP contribution in [0.25, 0.3) is 0 Å². The summed E-state index contributed by atoms with van der Waals surface area (Å²) in [6.07, 6.45) is 1.18. The number of hydrazone groups is 1. The van der Waals surface area contributed by atoms with Crippen LogP contribution in [0.4, 0.5) is 5.88 Å². The molecule has 0 aliphatic heterocycles. The van der Waals surface area contributed by atoms with E-state index in [0.29, 0.717) is 17.1 Å². The van der Waals surface area contributed by atoms with Crippen LogP contribution in [0.1, 0.15) is 16.1 Å². The molecule has 3 rings (SSSR count). The van der Waals surface area contributed by atoms with Gasteiger partial charge in [-0.15, -0.1) is 0 Å². The largest absolute Gasteiger partial charge is 0.457 e. The number of hydrogen-bond acceptors (Lipinski definition) is 6. The third kappa shape index (κ3) is 4.32. The van der Waals surface area contributed by atoms with Gasteiger partial charge in [0.1, 0.15) is 16.4 Å².